The second kappa shape index (κ2) is 7.77. The molecule has 0 spiro atoms. The molecule has 2 aromatic rings. The van der Waals surface area contributed by atoms with Crippen LogP contribution in [0.25, 0.3) is 11.1 Å². The maximum Gasteiger partial charge on any atom is 0.471 e. The summed E-state index contributed by atoms with van der Waals surface area (Å²) in [6, 6.07) is 3.65. The molecule has 1 amide bonds. The van der Waals surface area contributed by atoms with Gasteiger partial charge in [-0.1, -0.05) is 6.07 Å². The molecule has 0 radical (unpaired) electrons. The molecule has 3 N–H and O–H groups in total. The van der Waals surface area contributed by atoms with Crippen LogP contribution in [0, 0.1) is 0 Å². The number of halogens is 3. The molecule has 1 atom stereocenters. The Balaban J connectivity index is 2.33. The Morgan fingerprint density at radius 3 is 2.37 bits per heavy atom. The number of aryl methyl sites for hydroxylation is 1. The van der Waals surface area contributed by atoms with Gasteiger partial charge in [-0.05, 0) is 47.7 Å². The monoisotopic (exact) mass is 425 g/mol. The molecule has 1 aliphatic carbocycles. The summed E-state index contributed by atoms with van der Waals surface area (Å²) in [5, 5.41) is 22.0. The molecule has 2 aromatic carbocycles. The lowest BCUT2D eigenvalue weighted by Crippen LogP contribution is -2.39. The molecule has 0 saturated heterocycles. The highest BCUT2D eigenvalue weighted by molar-refractivity contribution is 5.85. The maximum atomic E-state index is 12.8. The molecule has 0 aromatic heterocycles. The van der Waals surface area contributed by atoms with Crippen LogP contribution in [0.5, 0.6) is 23.0 Å². The van der Waals surface area contributed by atoms with Crippen LogP contribution in [0.3, 0.4) is 0 Å². The van der Waals surface area contributed by atoms with Crippen molar-refractivity contribution in [3.8, 4) is 34.1 Å². The lowest BCUT2D eigenvalue weighted by atomic mass is 9.95. The number of carbonyl (C=O) groups is 1. The summed E-state index contributed by atoms with van der Waals surface area (Å²) in [7, 11) is 2.63. The molecule has 160 valence electrons. The first-order chi connectivity index (χ1) is 14.1. The fourth-order valence-electron chi connectivity index (χ4n) is 3.56. The molecule has 0 aliphatic heterocycles. The zero-order valence-electron chi connectivity index (χ0n) is 16.0. The van der Waals surface area contributed by atoms with E-state index < -0.39 is 29.3 Å². The van der Waals surface area contributed by atoms with Gasteiger partial charge in [0.1, 0.15) is 0 Å². The zero-order valence-corrected chi connectivity index (χ0v) is 16.0. The first kappa shape index (κ1) is 21.3. The smallest absolute Gasteiger partial charge is 0.471 e. The van der Waals surface area contributed by atoms with Crippen molar-refractivity contribution >= 4 is 5.91 Å². The van der Waals surface area contributed by atoms with Crippen LogP contribution in [-0.2, 0) is 11.2 Å². The van der Waals surface area contributed by atoms with E-state index in [1.54, 1.807) is 0 Å². The van der Waals surface area contributed by atoms with Gasteiger partial charge in [0.25, 0.3) is 0 Å². The first-order valence-electron chi connectivity index (χ1n) is 8.80. The van der Waals surface area contributed by atoms with E-state index in [1.165, 1.54) is 26.4 Å². The van der Waals surface area contributed by atoms with Crippen LogP contribution >= 0.6 is 0 Å². The van der Waals surface area contributed by atoms with Crippen molar-refractivity contribution in [2.24, 2.45) is 0 Å². The van der Waals surface area contributed by atoms with E-state index in [0.29, 0.717) is 11.1 Å². The van der Waals surface area contributed by atoms with Crippen molar-refractivity contribution in [1.82, 2.24) is 5.32 Å². The summed E-state index contributed by atoms with van der Waals surface area (Å²) in [5.41, 5.74) is 0.384. The number of hydrogen-bond acceptors (Lipinski definition) is 6. The number of phenols is 1. The van der Waals surface area contributed by atoms with Gasteiger partial charge in [0.05, 0.1) is 20.3 Å². The molecule has 10 heteroatoms. The van der Waals surface area contributed by atoms with Gasteiger partial charge in [0.15, 0.2) is 17.2 Å². The number of fused-ring (bicyclic) bond motifs is 3. The third-order valence-corrected chi connectivity index (χ3v) is 4.87. The van der Waals surface area contributed by atoms with Crippen molar-refractivity contribution in [2.75, 3.05) is 14.2 Å². The van der Waals surface area contributed by atoms with E-state index in [0.717, 1.165) is 12.1 Å². The molecule has 1 aliphatic rings. The number of hydrogen-bond donors (Lipinski definition) is 3. The summed E-state index contributed by atoms with van der Waals surface area (Å²) in [4.78, 5) is 23.8. The number of rotatable bonds is 3. The van der Waals surface area contributed by atoms with Gasteiger partial charge in [-0.3, -0.25) is 9.59 Å². The number of methoxy groups -OCH3 is 2. The normalized spacial score (nSPS) is 15.4. The minimum atomic E-state index is -5.11. The molecule has 0 fully saturated rings. The van der Waals surface area contributed by atoms with E-state index in [-0.39, 0.29) is 41.2 Å². The van der Waals surface area contributed by atoms with Gasteiger partial charge in [-0.2, -0.15) is 13.2 Å². The Hall–Kier alpha value is -3.43. The van der Waals surface area contributed by atoms with Crippen LogP contribution in [0.2, 0.25) is 0 Å². The van der Waals surface area contributed by atoms with E-state index >= 15 is 0 Å². The highest BCUT2D eigenvalue weighted by atomic mass is 19.4. The lowest BCUT2D eigenvalue weighted by molar-refractivity contribution is -0.174. The summed E-state index contributed by atoms with van der Waals surface area (Å²) < 4.78 is 49.1. The topological polar surface area (TPSA) is 105 Å². The second-order valence-electron chi connectivity index (χ2n) is 6.65. The van der Waals surface area contributed by atoms with E-state index in [4.69, 9.17) is 9.47 Å². The molecular weight excluding hydrogens is 407 g/mol. The van der Waals surface area contributed by atoms with Crippen molar-refractivity contribution in [1.29, 1.82) is 0 Å². The Kier molecular flexibility index (Phi) is 5.51. The highest BCUT2D eigenvalue weighted by Crippen LogP contribution is 2.49. The van der Waals surface area contributed by atoms with E-state index in [9.17, 15) is 33.0 Å². The number of alkyl halides is 3. The number of carbonyl (C=O) groups excluding carboxylic acids is 1. The lowest BCUT2D eigenvalue weighted by Gasteiger charge is -2.20. The molecule has 0 bridgehead atoms. The number of phenolic OH excluding ortho intramolecular Hbond substituents is 1. The molecular formula is C20H18F3NO6. The number of aromatic hydroxyl groups is 2. The van der Waals surface area contributed by atoms with Crippen LogP contribution in [0.1, 0.15) is 23.6 Å². The summed E-state index contributed by atoms with van der Waals surface area (Å²) >= 11 is 0. The van der Waals surface area contributed by atoms with Crippen molar-refractivity contribution in [2.45, 2.75) is 25.1 Å². The third-order valence-electron chi connectivity index (χ3n) is 4.87. The summed E-state index contributed by atoms with van der Waals surface area (Å²) in [6.07, 6.45) is -4.95. The van der Waals surface area contributed by atoms with Crippen LogP contribution in [0.4, 0.5) is 13.2 Å². The van der Waals surface area contributed by atoms with E-state index in [1.807, 2.05) is 5.32 Å². The third kappa shape index (κ3) is 3.72. The zero-order chi connectivity index (χ0) is 22.2. The van der Waals surface area contributed by atoms with Crippen molar-refractivity contribution in [3.05, 3.63) is 45.6 Å². The average Bonchev–Trinajstić information content (AvgIpc) is 2.90. The predicted molar refractivity (Wildman–Crippen MR) is 99.8 cm³/mol. The van der Waals surface area contributed by atoms with Crippen LogP contribution in [0.15, 0.2) is 29.1 Å². The number of ether oxygens (including phenoxy) is 2. The molecule has 1 unspecified atom stereocenters. The quantitative estimate of drug-likeness (QED) is 0.699. The number of benzene rings is 1. The van der Waals surface area contributed by atoms with Gasteiger partial charge >= 0.3 is 12.1 Å². The van der Waals surface area contributed by atoms with Gasteiger partial charge < -0.3 is 25.0 Å². The fourth-order valence-corrected chi connectivity index (χ4v) is 3.56. The van der Waals surface area contributed by atoms with Gasteiger partial charge in [-0.25, -0.2) is 0 Å². The Labute approximate surface area is 168 Å². The summed E-state index contributed by atoms with van der Waals surface area (Å²) in [6.45, 7) is 0. The SMILES string of the molecule is COc1c(O)cc2c(c1OC)-c1ccc(O)c(=O)cc1C(NC(=O)C(F)(F)F)CC2. The molecule has 0 saturated carbocycles. The molecule has 30 heavy (non-hydrogen) atoms. The molecule has 0 heterocycles. The van der Waals surface area contributed by atoms with E-state index in [2.05, 4.69) is 0 Å². The van der Waals surface area contributed by atoms with Crippen LogP contribution < -0.4 is 20.2 Å². The highest BCUT2D eigenvalue weighted by Gasteiger charge is 2.40. The van der Waals surface area contributed by atoms with Gasteiger partial charge in [0.2, 0.25) is 11.2 Å². The summed E-state index contributed by atoms with van der Waals surface area (Å²) in [5.74, 6) is -2.90. The van der Waals surface area contributed by atoms with Crippen molar-refractivity contribution < 1.29 is 37.7 Å². The first-order valence-corrected chi connectivity index (χ1v) is 8.80. The predicted octanol–water partition coefficient (Wildman–Crippen LogP) is 2.81. The Bertz CT molecular complexity index is 1070. The van der Waals surface area contributed by atoms with Gasteiger partial charge in [-0.15, -0.1) is 0 Å². The average molecular weight is 425 g/mol. The number of nitrogens with one attached hydrogen (secondary N) is 1. The fraction of sp³-hybridized carbons (Fsp3) is 0.300. The van der Waals surface area contributed by atoms with Crippen LogP contribution in [-0.4, -0.2) is 36.5 Å². The molecule has 3 rings (SSSR count). The minimum Gasteiger partial charge on any atom is -0.504 e. The second-order valence-corrected chi connectivity index (χ2v) is 6.65. The Morgan fingerprint density at radius 2 is 1.77 bits per heavy atom. The van der Waals surface area contributed by atoms with Crippen molar-refractivity contribution in [3.63, 3.8) is 0 Å². The standard InChI is InChI=1S/C20H18F3NO6/c1-29-17-15(27)7-9-3-5-12(24-19(28)20(21,22)23)11-8-14(26)13(25)6-4-10(11)16(9)18(17)30-2/h4,6-8,12,27H,3,5H2,1-2H3,(H,24,28)(H,25,26). The maximum absolute atomic E-state index is 12.8. The number of amides is 1. The largest absolute Gasteiger partial charge is 0.504 e. The van der Waals surface area contributed by atoms with Gasteiger partial charge in [0, 0.05) is 5.56 Å². The minimum absolute atomic E-state index is 0.000951. The Morgan fingerprint density at radius 1 is 1.10 bits per heavy atom. The molecule has 7 nitrogen and oxygen atoms in total.